The number of hydrogen-bond donors (Lipinski definition) is 23. The Labute approximate surface area is 746 Å². The number of fused-ring (bicyclic) bond motifs is 15. The van der Waals surface area contributed by atoms with Crippen molar-refractivity contribution in [2.24, 2.45) is 11.7 Å². The second-order valence-electron chi connectivity index (χ2n) is 28.3. The number of rotatable bonds is 30. The van der Waals surface area contributed by atoms with Crippen LogP contribution >= 0.6 is 30.8 Å². The molecule has 7 aliphatic rings. The van der Waals surface area contributed by atoms with Gasteiger partial charge < -0.3 is 148 Å². The van der Waals surface area contributed by atoms with E-state index in [-0.39, 0.29) is 17.9 Å². The van der Waals surface area contributed by atoms with Crippen LogP contribution in [0.15, 0.2) is 72.8 Å². The van der Waals surface area contributed by atoms with Crippen LogP contribution in [0.5, 0.6) is 46.0 Å². The van der Waals surface area contributed by atoms with Gasteiger partial charge in [-0.1, -0.05) is 107 Å². The highest BCUT2D eigenvalue weighted by atomic mass is 35.5. The summed E-state index contributed by atoms with van der Waals surface area (Å²) in [5, 5.41) is 139. The number of amides is 7. The third kappa shape index (κ3) is 23.0. The lowest BCUT2D eigenvalue weighted by Gasteiger charge is -2.48. The number of hydrogen-bond acceptors (Lipinski definition) is 28. The molecule has 5 aromatic carbocycles. The zero-order valence-corrected chi connectivity index (χ0v) is 66.3. The number of aliphatic carboxylic acids is 1. The lowest BCUT2D eigenvalue weighted by Crippen LogP contribution is -2.65. The first kappa shape index (κ1) is 61.2. The van der Waals surface area contributed by atoms with Crippen molar-refractivity contribution < 1.29 is 172 Å². The monoisotopic (exact) mass is 1780 g/mol. The molecule has 0 aromatic heterocycles. The lowest BCUT2D eigenvalue weighted by atomic mass is 9.85. The van der Waals surface area contributed by atoms with E-state index in [0.717, 1.165) is 68.4 Å². The van der Waals surface area contributed by atoms with Crippen molar-refractivity contribution in [3.05, 3.63) is 116 Å². The normalized spacial score (nSPS) is 31.9. The molecule has 7 aliphatic heterocycles. The molecule has 7 amide bonds. The highest BCUT2D eigenvalue weighted by molar-refractivity contribution is 7.51. The van der Waals surface area contributed by atoms with E-state index in [0.29, 0.717) is 18.2 Å². The van der Waals surface area contributed by atoms with Crippen LogP contribution in [-0.2, 0) is 63.6 Å². The molecule has 24 N–H and O–H groups in total. The number of carbonyl (C=O) groups is 8. The van der Waals surface area contributed by atoms with E-state index >= 15 is 24.0 Å². The van der Waals surface area contributed by atoms with Crippen LogP contribution in [0.3, 0.4) is 0 Å². The summed E-state index contributed by atoms with van der Waals surface area (Å²) in [7, 11) is -4.76. The molecular formula is C80H106Cl2N11O27P. The zero-order valence-electron chi connectivity index (χ0n) is 92.9. The number of aromatic hydroxyl groups is 3. The standard InChI is InChI=1S/C80H106Cl2N11O27P/c1-7-8-9-10-11-12-13-14-21-85-22-23-87-80(5)32-57(115-37(4)71(80)103)119-70-68(102)67(101)55(34-94)118-79(70)120-69-53-28-41-29-54(69)117-52-20-17-40(27-46(52)82)65(99)63-77(109)91-61(78(110)111)43-30-50(96)44(33-86-35-121(112,113)114)66(100)58(43)42-25-38(15-18-49(42)95)59(74(106)93-63)90-75(107)60(41)89-73(105)48(31-56(83)97)88-76(108)62(92-72(104)47(84-6)24-36(2)3)64(98)39-16-19-51(116-53)45(81)26-39/h15-20,25-30,36-37,47-48,55,57,59-65,67-68,70-71,79,84-87,94-96,98-103H,7-14,21-24,31-35H2,1-6H3,(H2,83,97)(H,88,108)(H,89,105)(H,90,107)(H,91,109)(H,92,104)(H,93,106)(H,110,111)(H2,112,113,114)/t37-,47+,48-,55+,57-,59+,60+,61+,62+,63-,64+,65+,67+,68-,70+,71+,79-,80-/m0/s1/i1D3,7D2,8D2,9D2,10D2,11D2,12D2,13D2,14D2,21D2,22D2,23D2,33D2,35D2. The van der Waals surface area contributed by atoms with Crippen LogP contribution in [0.1, 0.15) is 208 Å². The predicted molar refractivity (Wildman–Crippen MR) is 432 cm³/mol. The SMILES string of the molecule is [2H]C([2H])(NC([2H])([2H])P(=O)(O)O)c1c(O)cc2c(c1O)-c1cc(ccc1O)[C@H]1NC(=O)[C@@H]3NC(=O)[C@H](CC(N)=O)NC(=O)[C@H](NC(=O)[C@@H](CC(C)C)NC)[C@H](O)c4ccc(c(Cl)c4)Oc4cc3cc(c4O[C@@H]3O[C@H](CO)[C@@H](O)[C@H](O)[C@H]3O[C@H]3C[C@](C)(NC([2H])([2H])C([2H])([2H])NC([2H])([2H])C([2H])([2H])C([2H])([2H])C([2H])([2H])C([2H])([2H])C([2H])([2H])C([2H])([2H])C([2H])([2H])C([2H])([2H])C([2H])([2H])[2H])[C@H](O)[C@H](C)O3)Oc3ccc(cc3Cl)[C@@H](O)[C@H](NC1=O)C(=O)N[C@H]2C(=O)O. The second-order valence-corrected chi connectivity index (χ2v) is 30.4. The zero-order chi connectivity index (χ0) is 114. The van der Waals surface area contributed by atoms with Gasteiger partial charge in [0.25, 0.3) is 0 Å². The lowest BCUT2D eigenvalue weighted by molar-refractivity contribution is -0.334. The molecule has 0 spiro atoms. The average molecular weight is 1780 g/mol. The number of carboxylic acid groups (broad SMARTS) is 1. The number of aliphatic hydroxyl groups excluding tert-OH is 6. The van der Waals surface area contributed by atoms with Crippen molar-refractivity contribution in [1.82, 2.24) is 53.2 Å². The first-order chi connectivity index (χ1) is 68.2. The van der Waals surface area contributed by atoms with Crippen LogP contribution in [0.4, 0.5) is 0 Å². The van der Waals surface area contributed by atoms with Crippen molar-refractivity contribution in [3.8, 4) is 57.1 Å². The van der Waals surface area contributed by atoms with E-state index in [4.69, 9.17) is 97.1 Å². The molecule has 2 saturated heterocycles. The van der Waals surface area contributed by atoms with Gasteiger partial charge in [0, 0.05) is 85.2 Å². The number of nitrogens with two attached hydrogens (primary N) is 1. The van der Waals surface area contributed by atoms with Crippen molar-refractivity contribution in [1.29, 1.82) is 0 Å². The van der Waals surface area contributed by atoms with Crippen molar-refractivity contribution in [3.63, 3.8) is 0 Å². The van der Waals surface area contributed by atoms with Gasteiger partial charge in [0.1, 0.15) is 89.5 Å². The van der Waals surface area contributed by atoms with Gasteiger partial charge >= 0.3 is 13.6 Å². The number of nitrogens with one attached hydrogen (secondary N) is 10. The summed E-state index contributed by atoms with van der Waals surface area (Å²) in [5.74, 6) is -22.0. The molecular weight excluding hydrogens is 1650 g/mol. The summed E-state index contributed by atoms with van der Waals surface area (Å²) in [6, 6.07) is -7.06. The Morgan fingerprint density at radius 1 is 0.719 bits per heavy atom. The molecule has 0 aliphatic carbocycles. The molecule has 41 heteroatoms. The number of primary amides is 1. The number of carbonyl (C=O) groups excluding carboxylic acids is 7. The van der Waals surface area contributed by atoms with Crippen LogP contribution in [0.2, 0.25) is 10.0 Å². The maximum Gasteiger partial charge on any atom is 0.339 e. The summed E-state index contributed by atoms with van der Waals surface area (Å²) in [6.45, 7) is -17.2. The topological polar surface area (TPSA) is 598 Å². The fourth-order valence-corrected chi connectivity index (χ4v) is 14.0. The van der Waals surface area contributed by atoms with E-state index in [1.54, 1.807) is 13.8 Å². The van der Waals surface area contributed by atoms with E-state index in [1.165, 1.54) is 17.7 Å². The van der Waals surface area contributed by atoms with Gasteiger partial charge in [-0.25, -0.2) is 4.79 Å². The smallest absolute Gasteiger partial charge is 0.339 e. The summed E-state index contributed by atoms with van der Waals surface area (Å²) < 4.78 is 296. The largest absolute Gasteiger partial charge is 0.507 e. The van der Waals surface area contributed by atoms with Crippen LogP contribution in [0.25, 0.3) is 11.1 Å². The molecule has 0 saturated carbocycles. The third-order valence-corrected chi connectivity index (χ3v) is 20.3. The Balaban J connectivity index is 1.16. The number of aliphatic hydroxyl groups is 6. The number of ether oxygens (including phenoxy) is 6. The number of benzene rings is 5. The molecule has 0 unspecified atom stereocenters. The molecule has 121 heavy (non-hydrogen) atoms. The molecule has 5 aromatic rings. The minimum atomic E-state index is -6.12. The Hall–Kier alpha value is -9.13. The number of phenols is 3. The molecule has 11 bridgehead atoms. The Kier molecular flexibility index (Phi) is 20.9. The fourth-order valence-electron chi connectivity index (χ4n) is 13.4. The van der Waals surface area contributed by atoms with E-state index in [2.05, 4.69) is 37.2 Å². The highest BCUT2D eigenvalue weighted by Crippen LogP contribution is 2.51. The van der Waals surface area contributed by atoms with Gasteiger partial charge in [-0.2, -0.15) is 0 Å². The van der Waals surface area contributed by atoms with Crippen molar-refractivity contribution in [2.75, 3.05) is 39.4 Å². The van der Waals surface area contributed by atoms with E-state index in [9.17, 15) is 79.8 Å². The Morgan fingerprint density at radius 2 is 1.34 bits per heavy atom. The number of phenolic OH excluding ortho intramolecular Hbond substituents is 3. The number of carboxylic acids is 1. The molecule has 0 radical (unpaired) electrons. The maximum atomic E-state index is 16.5. The Morgan fingerprint density at radius 3 is 1.95 bits per heavy atom. The van der Waals surface area contributed by atoms with Crippen molar-refractivity contribution >= 4 is 78.1 Å². The first-order valence-electron chi connectivity index (χ1n) is 50.8. The van der Waals surface area contributed by atoms with Gasteiger partial charge in [-0.05, 0) is 123 Å². The van der Waals surface area contributed by atoms with Crippen LogP contribution in [-0.4, -0.2) is 226 Å². The minimum absolute atomic E-state index is 0.0608. The number of likely N-dealkylation sites (N-methyl/N-ethyl adjacent to an activating group) is 1. The molecule has 18 atom stereocenters. The first-order valence-corrected chi connectivity index (χ1v) is 38.7. The minimum Gasteiger partial charge on any atom is -0.507 e. The van der Waals surface area contributed by atoms with Gasteiger partial charge in [-0.3, -0.25) is 38.1 Å². The van der Waals surface area contributed by atoms with E-state index in [1.807, 2.05) is 5.32 Å². The highest BCUT2D eigenvalue weighted by Gasteiger charge is 2.52. The molecule has 7 heterocycles. The van der Waals surface area contributed by atoms with Crippen LogP contribution < -0.4 is 73.1 Å². The van der Waals surface area contributed by atoms with Gasteiger partial charge in [0.15, 0.2) is 29.9 Å². The predicted octanol–water partition coefficient (Wildman–Crippen LogP) is 2.69. The molecule has 662 valence electrons. The van der Waals surface area contributed by atoms with Gasteiger partial charge in [0.05, 0.1) is 55.9 Å². The molecule has 38 nitrogen and oxygen atoms in total. The van der Waals surface area contributed by atoms with E-state index < -0.39 is 369 Å². The summed E-state index contributed by atoms with van der Waals surface area (Å²) >= 11 is 14.2. The maximum absolute atomic E-state index is 16.5. The summed E-state index contributed by atoms with van der Waals surface area (Å²) in [6.07, 6.45) is -68.9. The summed E-state index contributed by atoms with van der Waals surface area (Å²) in [5.41, 5.74) is -4.17. The fraction of sp³-hybridized carbons (Fsp3) is 0.525. The van der Waals surface area contributed by atoms with Gasteiger partial charge in [-0.15, -0.1) is 0 Å². The second kappa shape index (κ2) is 41.4. The third-order valence-electron chi connectivity index (χ3n) is 19.3. The van der Waals surface area contributed by atoms with Gasteiger partial charge in [0.2, 0.25) is 53.4 Å². The van der Waals surface area contributed by atoms with Crippen LogP contribution in [0, 0.1) is 5.92 Å². The molecule has 2 fully saturated rings. The average Bonchev–Trinajstić information content (AvgIpc) is 0.682. The molecule has 12 rings (SSSR count). The summed E-state index contributed by atoms with van der Waals surface area (Å²) in [4.78, 5) is 140. The Bertz CT molecular complexity index is 6080. The number of halogens is 2. The quantitative estimate of drug-likeness (QED) is 0.0294. The van der Waals surface area contributed by atoms with Crippen molar-refractivity contribution in [2.45, 2.75) is 221 Å².